The average molecular weight is 457 g/mol. The minimum absolute atomic E-state index is 0.0628. The Morgan fingerprint density at radius 2 is 1.41 bits per heavy atom. The molecule has 0 aliphatic rings. The molecule has 0 saturated carbocycles. The van der Waals surface area contributed by atoms with Gasteiger partial charge in [-0.15, -0.1) is 0 Å². The van der Waals surface area contributed by atoms with E-state index < -0.39 is 0 Å². The number of carbonyl (C=O) groups is 1. The summed E-state index contributed by atoms with van der Waals surface area (Å²) in [5.41, 5.74) is 3.62. The highest BCUT2D eigenvalue weighted by molar-refractivity contribution is 5.91. The molecule has 0 unspecified atom stereocenters. The summed E-state index contributed by atoms with van der Waals surface area (Å²) in [7, 11) is 0. The minimum Gasteiger partial charge on any atom is -0.353 e. The Bertz CT molecular complexity index is 922. The summed E-state index contributed by atoms with van der Waals surface area (Å²) in [6.07, 6.45) is 9.89. The van der Waals surface area contributed by atoms with Crippen LogP contribution in [0.1, 0.15) is 41.9 Å². The van der Waals surface area contributed by atoms with Crippen molar-refractivity contribution in [2.24, 2.45) is 0 Å². The van der Waals surface area contributed by atoms with E-state index in [4.69, 9.17) is 0 Å². The van der Waals surface area contributed by atoms with Crippen LogP contribution in [0.15, 0.2) is 91.3 Å². The Morgan fingerprint density at radius 3 is 2.09 bits per heavy atom. The van der Waals surface area contributed by atoms with Crippen molar-refractivity contribution in [2.75, 3.05) is 32.7 Å². The van der Waals surface area contributed by atoms with Gasteiger partial charge in [0.05, 0.1) is 0 Å². The number of pyridine rings is 1. The summed E-state index contributed by atoms with van der Waals surface area (Å²) < 4.78 is 0. The highest BCUT2D eigenvalue weighted by Gasteiger charge is 2.12. The first-order valence-corrected chi connectivity index (χ1v) is 12.2. The molecule has 1 aromatic heterocycles. The van der Waals surface area contributed by atoms with E-state index in [0.29, 0.717) is 12.5 Å². The first-order valence-electron chi connectivity index (χ1n) is 12.2. The van der Waals surface area contributed by atoms with Gasteiger partial charge in [0.15, 0.2) is 0 Å². The number of hydrogen-bond donors (Lipinski definition) is 3. The second-order valence-corrected chi connectivity index (χ2v) is 8.30. The Kier molecular flexibility index (Phi) is 11.6. The number of unbranched alkanes of at least 4 members (excludes halogenated alkanes) is 1. The van der Waals surface area contributed by atoms with Crippen LogP contribution in [-0.4, -0.2) is 43.6 Å². The lowest BCUT2D eigenvalue weighted by atomic mass is 9.91. The molecule has 0 fully saturated rings. The lowest BCUT2D eigenvalue weighted by Crippen LogP contribution is -2.27. The number of carbonyl (C=O) groups excluding carboxylic acids is 1. The fraction of sp³-hybridized carbons (Fsp3) is 0.310. The highest BCUT2D eigenvalue weighted by atomic mass is 16.1. The van der Waals surface area contributed by atoms with Crippen molar-refractivity contribution in [3.63, 3.8) is 0 Å². The number of benzene rings is 2. The summed E-state index contributed by atoms with van der Waals surface area (Å²) >= 11 is 0. The van der Waals surface area contributed by atoms with Crippen LogP contribution in [0, 0.1) is 0 Å². The first kappa shape index (κ1) is 25.3. The van der Waals surface area contributed by atoms with Crippen LogP contribution in [0.5, 0.6) is 0 Å². The zero-order chi connectivity index (χ0) is 23.7. The Labute approximate surface area is 203 Å². The predicted molar refractivity (Wildman–Crippen MR) is 141 cm³/mol. The summed E-state index contributed by atoms with van der Waals surface area (Å²) in [4.78, 5) is 15.9. The smallest absolute Gasteiger partial charge is 0.243 e. The van der Waals surface area contributed by atoms with Crippen LogP contribution in [0.3, 0.4) is 0 Å². The molecule has 3 N–H and O–H groups in total. The van der Waals surface area contributed by atoms with Gasteiger partial charge in [0.1, 0.15) is 0 Å². The third-order valence-electron chi connectivity index (χ3n) is 5.65. The average Bonchev–Trinajstić information content (AvgIpc) is 2.90. The van der Waals surface area contributed by atoms with Crippen molar-refractivity contribution in [3.05, 3.63) is 108 Å². The van der Waals surface area contributed by atoms with Gasteiger partial charge in [-0.3, -0.25) is 9.78 Å². The van der Waals surface area contributed by atoms with Crippen molar-refractivity contribution in [1.29, 1.82) is 0 Å². The molecule has 2 aromatic carbocycles. The zero-order valence-electron chi connectivity index (χ0n) is 19.8. The normalized spacial score (nSPS) is 11.2. The predicted octanol–water partition coefficient (Wildman–Crippen LogP) is 4.39. The molecule has 0 spiro atoms. The molecule has 1 amide bonds. The molecule has 5 heteroatoms. The second-order valence-electron chi connectivity index (χ2n) is 8.30. The van der Waals surface area contributed by atoms with Gasteiger partial charge < -0.3 is 16.0 Å². The van der Waals surface area contributed by atoms with Crippen molar-refractivity contribution in [2.45, 2.75) is 25.2 Å². The van der Waals surface area contributed by atoms with E-state index >= 15 is 0 Å². The fourth-order valence-corrected chi connectivity index (χ4v) is 3.80. The Hall–Kier alpha value is -3.28. The molecule has 178 valence electrons. The van der Waals surface area contributed by atoms with Gasteiger partial charge >= 0.3 is 0 Å². The molecule has 1 heterocycles. The Balaban J connectivity index is 1.21. The maximum Gasteiger partial charge on any atom is 0.243 e. The molecule has 34 heavy (non-hydrogen) atoms. The molecule has 3 aromatic rings. The van der Waals surface area contributed by atoms with Crippen LogP contribution in [0.2, 0.25) is 0 Å². The fourth-order valence-electron chi connectivity index (χ4n) is 3.80. The quantitative estimate of drug-likeness (QED) is 0.234. The summed E-state index contributed by atoms with van der Waals surface area (Å²) in [5.74, 6) is 0.303. The third-order valence-corrected chi connectivity index (χ3v) is 5.65. The molecular formula is C29H36N4O. The van der Waals surface area contributed by atoms with E-state index in [0.717, 1.165) is 51.0 Å². The maximum atomic E-state index is 11.8. The van der Waals surface area contributed by atoms with Crippen LogP contribution in [-0.2, 0) is 4.79 Å². The van der Waals surface area contributed by atoms with Crippen molar-refractivity contribution < 1.29 is 4.79 Å². The van der Waals surface area contributed by atoms with Gasteiger partial charge in [-0.2, -0.15) is 0 Å². The molecule has 0 aliphatic carbocycles. The number of aromatic nitrogens is 1. The van der Waals surface area contributed by atoms with Crippen molar-refractivity contribution in [1.82, 2.24) is 20.9 Å². The topological polar surface area (TPSA) is 66.0 Å². The standard InChI is InChI=1S/C29H36N4O/c34-29(17-16-25-11-9-19-31-23-25)33-22-8-7-18-30-20-10-21-32-24-28(26-12-3-1-4-13-26)27-14-5-2-6-15-27/h1-6,9,11-17,19,23,28,30,32H,7-8,10,18,20-22,24H2,(H,33,34). The minimum atomic E-state index is -0.0628. The molecule has 0 radical (unpaired) electrons. The molecular weight excluding hydrogens is 420 g/mol. The van der Waals surface area contributed by atoms with E-state index in [2.05, 4.69) is 81.6 Å². The van der Waals surface area contributed by atoms with Gasteiger partial charge in [0.25, 0.3) is 0 Å². The van der Waals surface area contributed by atoms with Crippen LogP contribution in [0.25, 0.3) is 6.08 Å². The lowest BCUT2D eigenvalue weighted by molar-refractivity contribution is -0.116. The highest BCUT2D eigenvalue weighted by Crippen LogP contribution is 2.23. The van der Waals surface area contributed by atoms with Crippen molar-refractivity contribution >= 4 is 12.0 Å². The lowest BCUT2D eigenvalue weighted by Gasteiger charge is -2.19. The number of hydrogen-bond acceptors (Lipinski definition) is 4. The maximum absolute atomic E-state index is 11.8. The number of amides is 1. The third kappa shape index (κ3) is 9.69. The van der Waals surface area contributed by atoms with Crippen LogP contribution >= 0.6 is 0 Å². The van der Waals surface area contributed by atoms with Gasteiger partial charge in [-0.1, -0.05) is 66.7 Å². The van der Waals surface area contributed by atoms with Gasteiger partial charge in [-0.05, 0) is 67.7 Å². The van der Waals surface area contributed by atoms with Gasteiger partial charge in [0, 0.05) is 37.5 Å². The second kappa shape index (κ2) is 15.5. The molecule has 5 nitrogen and oxygen atoms in total. The first-order chi connectivity index (χ1) is 16.8. The Morgan fingerprint density at radius 1 is 0.765 bits per heavy atom. The van der Waals surface area contributed by atoms with E-state index in [1.54, 1.807) is 24.5 Å². The summed E-state index contributed by atoms with van der Waals surface area (Å²) in [6.45, 7) is 4.58. The molecule has 0 atom stereocenters. The van der Waals surface area contributed by atoms with Crippen LogP contribution in [0.4, 0.5) is 0 Å². The van der Waals surface area contributed by atoms with E-state index in [1.165, 1.54) is 11.1 Å². The number of rotatable bonds is 15. The van der Waals surface area contributed by atoms with E-state index in [-0.39, 0.29) is 5.91 Å². The monoisotopic (exact) mass is 456 g/mol. The molecule has 0 bridgehead atoms. The molecule has 0 saturated heterocycles. The number of nitrogens with zero attached hydrogens (tertiary/aromatic N) is 1. The number of nitrogens with one attached hydrogen (secondary N) is 3. The van der Waals surface area contributed by atoms with Crippen molar-refractivity contribution in [3.8, 4) is 0 Å². The largest absolute Gasteiger partial charge is 0.353 e. The molecule has 3 rings (SSSR count). The SMILES string of the molecule is O=C(C=Cc1cccnc1)NCCCCNCCCNCC(c1ccccc1)c1ccccc1. The zero-order valence-corrected chi connectivity index (χ0v) is 19.8. The summed E-state index contributed by atoms with van der Waals surface area (Å²) in [6, 6.07) is 25.2. The van der Waals surface area contributed by atoms with Gasteiger partial charge in [0.2, 0.25) is 5.91 Å². The van der Waals surface area contributed by atoms with Crippen LogP contribution < -0.4 is 16.0 Å². The van der Waals surface area contributed by atoms with E-state index in [9.17, 15) is 4.79 Å². The van der Waals surface area contributed by atoms with Gasteiger partial charge in [-0.25, -0.2) is 0 Å². The van der Waals surface area contributed by atoms with E-state index in [1.807, 2.05) is 12.1 Å². The summed E-state index contributed by atoms with van der Waals surface area (Å²) in [5, 5.41) is 10.1. The molecule has 0 aliphatic heterocycles.